The predicted molar refractivity (Wildman–Crippen MR) is 60.9 cm³/mol. The first-order chi connectivity index (χ1) is 7.81. The van der Waals surface area contributed by atoms with Crippen LogP contribution < -0.4 is 0 Å². The van der Waals surface area contributed by atoms with Crippen molar-refractivity contribution in [3.05, 3.63) is 12.7 Å². The van der Waals surface area contributed by atoms with Gasteiger partial charge in [-0.3, -0.25) is 0 Å². The van der Waals surface area contributed by atoms with Crippen molar-refractivity contribution in [1.82, 2.24) is 0 Å². The monoisotopic (exact) mass is 230 g/mol. The zero-order chi connectivity index (χ0) is 11.8. The van der Waals surface area contributed by atoms with Crippen LogP contribution in [0.5, 0.6) is 0 Å². The zero-order valence-corrected chi connectivity index (χ0v) is 9.68. The van der Waals surface area contributed by atoms with Crippen LogP contribution in [0.15, 0.2) is 12.7 Å². The number of rotatable bonds is 7. The number of hydrogen-bond acceptors (Lipinski definition) is 4. The molecular weight excluding hydrogens is 208 g/mol. The molecular formula is C12H22O4. The smallest absolute Gasteiger partial charge is 0.158 e. The Hall–Kier alpha value is -0.420. The molecule has 0 aromatic heterocycles. The van der Waals surface area contributed by atoms with Crippen LogP contribution in [0.1, 0.15) is 25.7 Å². The Morgan fingerprint density at radius 1 is 1.44 bits per heavy atom. The normalized spacial score (nSPS) is 25.0. The minimum Gasteiger partial charge on any atom is -0.396 e. The van der Waals surface area contributed by atoms with Crippen LogP contribution in [0, 0.1) is 5.92 Å². The fourth-order valence-corrected chi connectivity index (χ4v) is 1.88. The highest BCUT2D eigenvalue weighted by atomic mass is 16.7. The summed E-state index contributed by atoms with van der Waals surface area (Å²) in [4.78, 5) is 0. The molecule has 16 heavy (non-hydrogen) atoms. The predicted octanol–water partition coefficient (Wildman–Crippen LogP) is 1.08. The highest BCUT2D eigenvalue weighted by Gasteiger charge is 2.23. The molecule has 0 radical (unpaired) electrons. The molecule has 0 saturated carbocycles. The van der Waals surface area contributed by atoms with Crippen molar-refractivity contribution in [2.45, 2.75) is 38.1 Å². The largest absolute Gasteiger partial charge is 0.396 e. The third-order valence-corrected chi connectivity index (χ3v) is 2.88. The van der Waals surface area contributed by atoms with E-state index in [0.717, 1.165) is 25.9 Å². The molecule has 1 fully saturated rings. The Bertz CT molecular complexity index is 189. The Balaban J connectivity index is 2.41. The van der Waals surface area contributed by atoms with E-state index >= 15 is 0 Å². The molecule has 3 unspecified atom stereocenters. The molecule has 0 spiro atoms. The molecule has 1 aliphatic rings. The molecule has 0 amide bonds. The highest BCUT2D eigenvalue weighted by molar-refractivity contribution is 4.86. The van der Waals surface area contributed by atoms with Gasteiger partial charge in [-0.25, -0.2) is 0 Å². The van der Waals surface area contributed by atoms with E-state index in [0.29, 0.717) is 6.42 Å². The van der Waals surface area contributed by atoms with E-state index in [4.69, 9.17) is 14.6 Å². The van der Waals surface area contributed by atoms with E-state index in [-0.39, 0.29) is 31.5 Å². The van der Waals surface area contributed by atoms with Gasteiger partial charge in [0.2, 0.25) is 0 Å². The molecule has 0 aliphatic carbocycles. The van der Waals surface area contributed by atoms with E-state index in [2.05, 4.69) is 6.58 Å². The van der Waals surface area contributed by atoms with Crippen LogP contribution >= 0.6 is 0 Å². The van der Waals surface area contributed by atoms with Gasteiger partial charge in [0.05, 0.1) is 6.10 Å². The summed E-state index contributed by atoms with van der Waals surface area (Å²) in [6.07, 6.45) is 4.83. The van der Waals surface area contributed by atoms with Gasteiger partial charge in [-0.05, 0) is 25.7 Å². The number of aliphatic hydroxyl groups excluding tert-OH is 2. The second-order valence-electron chi connectivity index (χ2n) is 4.09. The van der Waals surface area contributed by atoms with Crippen molar-refractivity contribution < 1.29 is 19.7 Å². The molecule has 0 aromatic rings. The Morgan fingerprint density at radius 3 is 2.75 bits per heavy atom. The number of aliphatic hydroxyl groups is 2. The van der Waals surface area contributed by atoms with Gasteiger partial charge in [-0.1, -0.05) is 6.08 Å². The molecule has 4 nitrogen and oxygen atoms in total. The lowest BCUT2D eigenvalue weighted by Crippen LogP contribution is -2.33. The van der Waals surface area contributed by atoms with Gasteiger partial charge in [-0.2, -0.15) is 0 Å². The second kappa shape index (κ2) is 7.79. The minimum absolute atomic E-state index is 0.00995. The summed E-state index contributed by atoms with van der Waals surface area (Å²) in [5.41, 5.74) is 0. The van der Waals surface area contributed by atoms with Gasteiger partial charge in [-0.15, -0.1) is 6.58 Å². The quantitative estimate of drug-likeness (QED) is 0.642. The summed E-state index contributed by atoms with van der Waals surface area (Å²) in [7, 11) is 0. The fourth-order valence-electron chi connectivity index (χ4n) is 1.88. The molecule has 94 valence electrons. The van der Waals surface area contributed by atoms with Crippen molar-refractivity contribution in [3.8, 4) is 0 Å². The van der Waals surface area contributed by atoms with Gasteiger partial charge >= 0.3 is 0 Å². The Morgan fingerprint density at radius 2 is 2.25 bits per heavy atom. The first kappa shape index (κ1) is 13.6. The SMILES string of the molecule is C=CC(OC1CCCCO1)C(CO)CCO. The lowest BCUT2D eigenvalue weighted by Gasteiger charge is -2.29. The Kier molecular flexibility index (Phi) is 6.64. The lowest BCUT2D eigenvalue weighted by molar-refractivity contribution is -0.190. The fraction of sp³-hybridized carbons (Fsp3) is 0.833. The summed E-state index contributed by atoms with van der Waals surface area (Å²) in [6.45, 7) is 4.47. The second-order valence-corrected chi connectivity index (χ2v) is 4.09. The molecule has 0 aromatic carbocycles. The minimum atomic E-state index is -0.250. The first-order valence-corrected chi connectivity index (χ1v) is 5.93. The van der Waals surface area contributed by atoms with E-state index in [1.54, 1.807) is 6.08 Å². The standard InChI is InChI=1S/C12H22O4/c1-2-11(10(9-14)6-7-13)16-12-5-3-4-8-15-12/h2,10-14H,1,3-9H2. The summed E-state index contributed by atoms with van der Waals surface area (Å²) in [5, 5.41) is 18.1. The molecule has 1 saturated heterocycles. The van der Waals surface area contributed by atoms with E-state index in [1.165, 1.54) is 0 Å². The van der Waals surface area contributed by atoms with E-state index in [1.807, 2.05) is 0 Å². The molecule has 0 bridgehead atoms. The maximum Gasteiger partial charge on any atom is 0.158 e. The third kappa shape index (κ3) is 4.22. The van der Waals surface area contributed by atoms with E-state index < -0.39 is 0 Å². The summed E-state index contributed by atoms with van der Waals surface area (Å²) in [6, 6.07) is 0. The molecule has 2 N–H and O–H groups in total. The molecule has 3 atom stereocenters. The van der Waals surface area contributed by atoms with Crippen molar-refractivity contribution in [3.63, 3.8) is 0 Å². The van der Waals surface area contributed by atoms with Crippen LogP contribution in [0.25, 0.3) is 0 Å². The van der Waals surface area contributed by atoms with Gasteiger partial charge in [0.1, 0.15) is 0 Å². The van der Waals surface area contributed by atoms with Crippen molar-refractivity contribution in [2.75, 3.05) is 19.8 Å². The maximum absolute atomic E-state index is 9.21. The van der Waals surface area contributed by atoms with Gasteiger partial charge in [0.15, 0.2) is 6.29 Å². The van der Waals surface area contributed by atoms with Crippen molar-refractivity contribution >= 4 is 0 Å². The first-order valence-electron chi connectivity index (χ1n) is 5.93. The summed E-state index contributed by atoms with van der Waals surface area (Å²) in [5.74, 6) is -0.104. The number of hydrogen-bond donors (Lipinski definition) is 2. The van der Waals surface area contributed by atoms with Gasteiger partial charge in [0, 0.05) is 25.7 Å². The van der Waals surface area contributed by atoms with Gasteiger partial charge < -0.3 is 19.7 Å². The summed E-state index contributed by atoms with van der Waals surface area (Å²) < 4.78 is 11.2. The van der Waals surface area contributed by atoms with Crippen LogP contribution in [-0.2, 0) is 9.47 Å². The van der Waals surface area contributed by atoms with Crippen LogP contribution in [0.2, 0.25) is 0 Å². The van der Waals surface area contributed by atoms with Crippen LogP contribution in [0.4, 0.5) is 0 Å². The van der Waals surface area contributed by atoms with Crippen molar-refractivity contribution in [1.29, 1.82) is 0 Å². The lowest BCUT2D eigenvalue weighted by atomic mass is 10.00. The highest BCUT2D eigenvalue weighted by Crippen LogP contribution is 2.20. The molecule has 1 rings (SSSR count). The maximum atomic E-state index is 9.21. The van der Waals surface area contributed by atoms with Gasteiger partial charge in [0.25, 0.3) is 0 Å². The Labute approximate surface area is 96.9 Å². The molecule has 4 heteroatoms. The van der Waals surface area contributed by atoms with Crippen LogP contribution in [0.3, 0.4) is 0 Å². The zero-order valence-electron chi connectivity index (χ0n) is 9.68. The molecule has 1 heterocycles. The topological polar surface area (TPSA) is 58.9 Å². The molecule has 1 aliphatic heterocycles. The van der Waals surface area contributed by atoms with Crippen LogP contribution in [-0.4, -0.2) is 42.4 Å². The van der Waals surface area contributed by atoms with E-state index in [9.17, 15) is 5.11 Å². The third-order valence-electron chi connectivity index (χ3n) is 2.88. The summed E-state index contributed by atoms with van der Waals surface area (Å²) >= 11 is 0. The van der Waals surface area contributed by atoms with Crippen molar-refractivity contribution in [2.24, 2.45) is 5.92 Å². The average molecular weight is 230 g/mol. The number of ether oxygens (including phenoxy) is 2. The average Bonchev–Trinajstić information content (AvgIpc) is 2.35.